The van der Waals surface area contributed by atoms with Gasteiger partial charge in [0.2, 0.25) is 0 Å². The second kappa shape index (κ2) is 12.0. The molecule has 0 saturated carbocycles. The van der Waals surface area contributed by atoms with Crippen LogP contribution in [0.2, 0.25) is 0 Å². The minimum absolute atomic E-state index is 0.828. The first-order valence-electron chi connectivity index (χ1n) is 8.39. The Kier molecular flexibility index (Phi) is 10.6. The second-order valence-corrected chi connectivity index (χ2v) is 6.46. The van der Waals surface area contributed by atoms with Gasteiger partial charge in [-0.25, -0.2) is 0 Å². The van der Waals surface area contributed by atoms with Crippen LogP contribution in [0.1, 0.15) is 64.4 Å². The maximum absolute atomic E-state index is 5.97. The zero-order chi connectivity index (χ0) is 15.3. The predicted molar refractivity (Wildman–Crippen MR) is 95.0 cm³/mol. The van der Waals surface area contributed by atoms with Gasteiger partial charge in [0.05, 0.1) is 6.61 Å². The molecule has 1 rings (SSSR count). The van der Waals surface area contributed by atoms with E-state index in [1.54, 1.807) is 0 Å². The lowest BCUT2D eigenvalue weighted by atomic mass is 10.1. The van der Waals surface area contributed by atoms with Gasteiger partial charge in [0.25, 0.3) is 0 Å². The summed E-state index contributed by atoms with van der Waals surface area (Å²) in [6.45, 7) is 7.19. The van der Waals surface area contributed by atoms with Crippen molar-refractivity contribution in [2.24, 2.45) is 0 Å². The Morgan fingerprint density at radius 3 is 2.52 bits per heavy atom. The first kappa shape index (κ1) is 18.5. The van der Waals surface area contributed by atoms with Gasteiger partial charge in [-0.15, -0.1) is 0 Å². The Morgan fingerprint density at radius 1 is 1.00 bits per heavy atom. The van der Waals surface area contributed by atoms with Crippen LogP contribution in [0.15, 0.2) is 22.7 Å². The summed E-state index contributed by atoms with van der Waals surface area (Å²) in [7, 11) is 0. The maximum Gasteiger partial charge on any atom is 0.123 e. The molecular weight excluding hydrogens is 326 g/mol. The van der Waals surface area contributed by atoms with Gasteiger partial charge in [0.1, 0.15) is 5.75 Å². The summed E-state index contributed by atoms with van der Waals surface area (Å²) < 4.78 is 7.08. The zero-order valence-corrected chi connectivity index (χ0v) is 15.2. The summed E-state index contributed by atoms with van der Waals surface area (Å²) in [5.74, 6) is 1.02. The minimum Gasteiger partial charge on any atom is -0.493 e. The van der Waals surface area contributed by atoms with Crippen molar-refractivity contribution in [3.63, 3.8) is 0 Å². The molecule has 0 saturated heterocycles. The Hall–Kier alpha value is -0.540. The summed E-state index contributed by atoms with van der Waals surface area (Å²) in [5.41, 5.74) is 1.24. The molecule has 0 atom stereocenters. The van der Waals surface area contributed by atoms with Gasteiger partial charge in [-0.2, -0.15) is 0 Å². The fourth-order valence-electron chi connectivity index (χ4n) is 2.29. The fourth-order valence-corrected chi connectivity index (χ4v) is 2.70. The van der Waals surface area contributed by atoms with Crippen molar-refractivity contribution >= 4 is 15.9 Å². The van der Waals surface area contributed by atoms with Crippen LogP contribution in [0.25, 0.3) is 0 Å². The van der Waals surface area contributed by atoms with Crippen LogP contribution in [0.3, 0.4) is 0 Å². The first-order valence-corrected chi connectivity index (χ1v) is 9.19. The van der Waals surface area contributed by atoms with Gasteiger partial charge in [-0.05, 0) is 37.6 Å². The monoisotopic (exact) mass is 355 g/mol. The second-order valence-electron chi connectivity index (χ2n) is 5.55. The van der Waals surface area contributed by atoms with Gasteiger partial charge in [0, 0.05) is 16.6 Å². The van der Waals surface area contributed by atoms with Crippen LogP contribution in [0.5, 0.6) is 5.75 Å². The van der Waals surface area contributed by atoms with Crippen molar-refractivity contribution in [3.8, 4) is 5.75 Å². The van der Waals surface area contributed by atoms with Crippen LogP contribution in [0, 0.1) is 0 Å². The van der Waals surface area contributed by atoms with Crippen LogP contribution in [-0.4, -0.2) is 13.2 Å². The molecule has 1 aromatic rings. The topological polar surface area (TPSA) is 21.3 Å². The largest absolute Gasteiger partial charge is 0.493 e. The maximum atomic E-state index is 5.97. The Morgan fingerprint density at radius 2 is 1.76 bits per heavy atom. The molecular formula is C18H30BrNO. The summed E-state index contributed by atoms with van der Waals surface area (Å²) in [6.07, 6.45) is 8.96. The molecule has 0 radical (unpaired) electrons. The van der Waals surface area contributed by atoms with E-state index in [1.807, 2.05) is 0 Å². The third-order valence-corrected chi connectivity index (χ3v) is 4.01. The number of ether oxygens (including phenoxy) is 1. The molecule has 0 heterocycles. The lowest BCUT2D eigenvalue weighted by Crippen LogP contribution is -2.15. The molecule has 0 amide bonds. The normalized spacial score (nSPS) is 10.8. The average molecular weight is 356 g/mol. The number of nitrogens with one attached hydrogen (secondary N) is 1. The Bertz CT molecular complexity index is 381. The van der Waals surface area contributed by atoms with Gasteiger partial charge in [0.15, 0.2) is 0 Å². The molecule has 0 fully saturated rings. The van der Waals surface area contributed by atoms with Gasteiger partial charge < -0.3 is 10.1 Å². The minimum atomic E-state index is 0.828. The number of rotatable bonds is 12. The van der Waals surface area contributed by atoms with Crippen molar-refractivity contribution in [2.45, 2.75) is 65.3 Å². The molecule has 3 heteroatoms. The van der Waals surface area contributed by atoms with Gasteiger partial charge in [-0.3, -0.25) is 0 Å². The number of unbranched alkanes of at least 4 members (excludes halogenated alkanes) is 5. The Balaban J connectivity index is 2.32. The van der Waals surface area contributed by atoms with Crippen molar-refractivity contribution in [1.82, 2.24) is 5.32 Å². The molecule has 2 nitrogen and oxygen atoms in total. The van der Waals surface area contributed by atoms with Crippen LogP contribution >= 0.6 is 15.9 Å². The van der Waals surface area contributed by atoms with E-state index in [-0.39, 0.29) is 0 Å². The lowest BCUT2D eigenvalue weighted by molar-refractivity contribution is 0.300. The highest BCUT2D eigenvalue weighted by Crippen LogP contribution is 2.23. The molecule has 0 spiro atoms. The summed E-state index contributed by atoms with van der Waals surface area (Å²) in [6, 6.07) is 6.28. The average Bonchev–Trinajstić information content (AvgIpc) is 2.48. The van der Waals surface area contributed by atoms with E-state index in [0.717, 1.165) is 42.8 Å². The molecule has 1 N–H and O–H groups in total. The molecule has 0 bridgehead atoms. The lowest BCUT2D eigenvalue weighted by Gasteiger charge is -2.12. The SMILES string of the molecule is CCCCCCCCOc1ccc(Br)cc1CNCCC. The predicted octanol–water partition coefficient (Wildman–Crippen LogP) is 5.69. The van der Waals surface area contributed by atoms with E-state index in [1.165, 1.54) is 37.7 Å². The smallest absolute Gasteiger partial charge is 0.123 e. The molecule has 120 valence electrons. The zero-order valence-electron chi connectivity index (χ0n) is 13.6. The van der Waals surface area contributed by atoms with Gasteiger partial charge >= 0.3 is 0 Å². The molecule has 0 aliphatic heterocycles. The third kappa shape index (κ3) is 8.47. The number of hydrogen-bond donors (Lipinski definition) is 1. The van der Waals surface area contributed by atoms with E-state index in [4.69, 9.17) is 4.74 Å². The first-order chi connectivity index (χ1) is 10.3. The molecule has 0 aromatic heterocycles. The highest BCUT2D eigenvalue weighted by atomic mass is 79.9. The number of halogens is 1. The fraction of sp³-hybridized carbons (Fsp3) is 0.667. The van der Waals surface area contributed by atoms with E-state index >= 15 is 0 Å². The molecule has 0 aliphatic rings. The molecule has 21 heavy (non-hydrogen) atoms. The summed E-state index contributed by atoms with van der Waals surface area (Å²) in [4.78, 5) is 0. The Labute approximate surface area is 138 Å². The molecule has 0 aliphatic carbocycles. The number of benzene rings is 1. The summed E-state index contributed by atoms with van der Waals surface area (Å²) >= 11 is 3.54. The van der Waals surface area contributed by atoms with E-state index in [2.05, 4.69) is 53.3 Å². The standard InChI is InChI=1S/C18H30BrNO/c1-3-5-6-7-8-9-13-21-18-11-10-17(19)14-16(18)15-20-12-4-2/h10-11,14,20H,3-9,12-13,15H2,1-2H3. The van der Waals surface area contributed by atoms with Gasteiger partial charge in [-0.1, -0.05) is 61.9 Å². The van der Waals surface area contributed by atoms with Crippen LogP contribution in [0.4, 0.5) is 0 Å². The van der Waals surface area contributed by atoms with Crippen molar-refractivity contribution in [1.29, 1.82) is 0 Å². The highest BCUT2D eigenvalue weighted by Gasteiger charge is 2.04. The highest BCUT2D eigenvalue weighted by molar-refractivity contribution is 9.10. The van der Waals surface area contributed by atoms with E-state index < -0.39 is 0 Å². The van der Waals surface area contributed by atoms with Crippen LogP contribution in [-0.2, 0) is 6.54 Å². The summed E-state index contributed by atoms with van der Waals surface area (Å²) in [5, 5.41) is 3.44. The van der Waals surface area contributed by atoms with Crippen LogP contribution < -0.4 is 10.1 Å². The van der Waals surface area contributed by atoms with Crippen molar-refractivity contribution in [3.05, 3.63) is 28.2 Å². The van der Waals surface area contributed by atoms with Crippen molar-refractivity contribution < 1.29 is 4.74 Å². The van der Waals surface area contributed by atoms with Crippen molar-refractivity contribution in [2.75, 3.05) is 13.2 Å². The molecule has 1 aromatic carbocycles. The number of hydrogen-bond acceptors (Lipinski definition) is 2. The van der Waals surface area contributed by atoms with E-state index in [0.29, 0.717) is 0 Å². The van der Waals surface area contributed by atoms with E-state index in [9.17, 15) is 0 Å². The quantitative estimate of drug-likeness (QED) is 0.486. The third-order valence-electron chi connectivity index (χ3n) is 3.52. The molecule has 0 unspecified atom stereocenters.